The first-order valence-electron chi connectivity index (χ1n) is 10.1. The predicted octanol–water partition coefficient (Wildman–Crippen LogP) is 5.20. The maximum Gasteiger partial charge on any atom is 0.101 e. The molecular weight excluding hydrogens is 330 g/mol. The molecule has 1 aliphatic heterocycles. The normalized spacial score (nSPS) is 27.0. The lowest BCUT2D eigenvalue weighted by atomic mass is 9.67. The van der Waals surface area contributed by atoms with Crippen molar-refractivity contribution in [3.8, 4) is 0 Å². The third kappa shape index (κ3) is 6.58. The number of hydrogen-bond acceptors (Lipinski definition) is 1. The third-order valence-corrected chi connectivity index (χ3v) is 6.26. The highest BCUT2D eigenvalue weighted by molar-refractivity contribution is 6.30. The van der Waals surface area contributed by atoms with Crippen LogP contribution in [0, 0.1) is 11.3 Å². The van der Waals surface area contributed by atoms with Crippen molar-refractivity contribution in [1.29, 1.82) is 0 Å². The van der Waals surface area contributed by atoms with Crippen molar-refractivity contribution in [2.75, 3.05) is 13.2 Å². The number of rotatable bonds is 9. The van der Waals surface area contributed by atoms with Crippen LogP contribution < -0.4 is 5.32 Å². The Labute approximate surface area is 159 Å². The quantitative estimate of drug-likeness (QED) is 0.597. The van der Waals surface area contributed by atoms with Gasteiger partial charge in [-0.3, -0.25) is 0 Å². The molecule has 0 aromatic heterocycles. The molecule has 1 aromatic carbocycles. The summed E-state index contributed by atoms with van der Waals surface area (Å²) in [4.78, 5) is 0. The summed E-state index contributed by atoms with van der Waals surface area (Å²) < 4.78 is 6.14. The number of benzene rings is 1. The van der Waals surface area contributed by atoms with Gasteiger partial charge in [0.2, 0.25) is 0 Å². The first-order valence-corrected chi connectivity index (χ1v) is 10.4. The summed E-state index contributed by atoms with van der Waals surface area (Å²) in [6, 6.07) is 8.24. The van der Waals surface area contributed by atoms with Gasteiger partial charge in [-0.1, -0.05) is 50.9 Å². The van der Waals surface area contributed by atoms with Crippen molar-refractivity contribution >= 4 is 11.6 Å². The number of ether oxygens (including phenoxy) is 1. The molecule has 1 fully saturated rings. The fourth-order valence-electron chi connectivity index (χ4n) is 4.12. The van der Waals surface area contributed by atoms with E-state index in [1.165, 1.54) is 44.2 Å². The standard InChI is InChI=1S/C22H36ClNO/c1-5-21(4)17-22(13-15-25-21,11-10-18(2)3)12-14-24-16-19-6-8-20(23)9-7-19/h6-9,18,24H,5,10-17H2,1-4H3/p+1/t21-,22+/m1/s1. The fourth-order valence-corrected chi connectivity index (χ4v) is 4.24. The lowest BCUT2D eigenvalue weighted by Gasteiger charge is -2.46. The SMILES string of the molecule is CC[C@]1(C)C[C@](CC[NH2+]Cc2ccc(Cl)cc2)(CCC(C)C)CCO1. The summed E-state index contributed by atoms with van der Waals surface area (Å²) in [7, 11) is 0. The molecule has 0 radical (unpaired) electrons. The molecule has 1 heterocycles. The minimum absolute atomic E-state index is 0.0748. The van der Waals surface area contributed by atoms with E-state index in [1.54, 1.807) is 0 Å². The second kappa shape index (κ2) is 9.39. The lowest BCUT2D eigenvalue weighted by molar-refractivity contribution is -0.672. The zero-order valence-corrected chi connectivity index (χ0v) is 17.4. The second-order valence-electron chi connectivity index (χ2n) is 8.67. The van der Waals surface area contributed by atoms with Gasteiger partial charge in [-0.05, 0) is 56.1 Å². The van der Waals surface area contributed by atoms with Crippen LogP contribution in [0.25, 0.3) is 0 Å². The second-order valence-corrected chi connectivity index (χ2v) is 9.11. The van der Waals surface area contributed by atoms with E-state index >= 15 is 0 Å². The number of hydrogen-bond donors (Lipinski definition) is 1. The smallest absolute Gasteiger partial charge is 0.101 e. The molecule has 2 nitrogen and oxygen atoms in total. The molecule has 0 bridgehead atoms. The number of nitrogens with two attached hydrogens (primary N) is 1. The van der Waals surface area contributed by atoms with E-state index in [0.29, 0.717) is 5.41 Å². The summed E-state index contributed by atoms with van der Waals surface area (Å²) in [5.74, 6) is 0.783. The molecule has 25 heavy (non-hydrogen) atoms. The Bertz CT molecular complexity index is 515. The number of quaternary nitrogens is 1. The highest BCUT2D eigenvalue weighted by Gasteiger charge is 2.42. The topological polar surface area (TPSA) is 25.8 Å². The minimum atomic E-state index is 0.0748. The Kier molecular flexibility index (Phi) is 7.79. The van der Waals surface area contributed by atoms with E-state index in [-0.39, 0.29) is 5.60 Å². The monoisotopic (exact) mass is 366 g/mol. The molecule has 0 saturated carbocycles. The molecule has 1 saturated heterocycles. The largest absolute Gasteiger partial charge is 0.375 e. The molecule has 2 rings (SSSR count). The van der Waals surface area contributed by atoms with E-state index in [4.69, 9.17) is 16.3 Å². The van der Waals surface area contributed by atoms with E-state index in [0.717, 1.165) is 30.5 Å². The Morgan fingerprint density at radius 2 is 1.92 bits per heavy atom. The Balaban J connectivity index is 1.90. The first-order chi connectivity index (χ1) is 11.9. The zero-order valence-electron chi connectivity index (χ0n) is 16.6. The molecule has 0 unspecified atom stereocenters. The first kappa shape index (κ1) is 20.7. The van der Waals surface area contributed by atoms with Crippen LogP contribution in [0.15, 0.2) is 24.3 Å². The molecule has 3 heteroatoms. The molecule has 2 N–H and O–H groups in total. The average Bonchev–Trinajstić information content (AvgIpc) is 2.59. The van der Waals surface area contributed by atoms with Gasteiger partial charge in [0.05, 0.1) is 12.1 Å². The maximum atomic E-state index is 6.14. The Morgan fingerprint density at radius 3 is 2.56 bits per heavy atom. The highest BCUT2D eigenvalue weighted by Crippen LogP contribution is 2.46. The summed E-state index contributed by atoms with van der Waals surface area (Å²) in [6.45, 7) is 12.4. The van der Waals surface area contributed by atoms with Crippen LogP contribution in [-0.4, -0.2) is 18.8 Å². The van der Waals surface area contributed by atoms with E-state index in [9.17, 15) is 0 Å². The molecule has 0 spiro atoms. The fraction of sp³-hybridized carbons (Fsp3) is 0.727. The highest BCUT2D eigenvalue weighted by atomic mass is 35.5. The third-order valence-electron chi connectivity index (χ3n) is 6.00. The lowest BCUT2D eigenvalue weighted by Crippen LogP contribution is -2.83. The van der Waals surface area contributed by atoms with Crippen LogP contribution in [0.3, 0.4) is 0 Å². The summed E-state index contributed by atoms with van der Waals surface area (Å²) in [5.41, 5.74) is 1.89. The van der Waals surface area contributed by atoms with Gasteiger partial charge < -0.3 is 10.1 Å². The number of halogens is 1. The van der Waals surface area contributed by atoms with Gasteiger partial charge >= 0.3 is 0 Å². The molecule has 1 aliphatic rings. The van der Waals surface area contributed by atoms with Crippen LogP contribution in [0.5, 0.6) is 0 Å². The summed E-state index contributed by atoms with van der Waals surface area (Å²) in [5, 5.41) is 3.27. The van der Waals surface area contributed by atoms with Crippen LogP contribution >= 0.6 is 11.6 Å². The van der Waals surface area contributed by atoms with Crippen LogP contribution in [0.1, 0.15) is 71.8 Å². The zero-order chi connectivity index (χ0) is 18.3. The summed E-state index contributed by atoms with van der Waals surface area (Å²) >= 11 is 5.97. The van der Waals surface area contributed by atoms with Crippen molar-refractivity contribution < 1.29 is 10.1 Å². The van der Waals surface area contributed by atoms with Gasteiger partial charge in [0, 0.05) is 23.6 Å². The molecule has 2 atom stereocenters. The van der Waals surface area contributed by atoms with Crippen molar-refractivity contribution in [3.05, 3.63) is 34.9 Å². The van der Waals surface area contributed by atoms with Crippen LogP contribution in [0.2, 0.25) is 5.02 Å². The van der Waals surface area contributed by atoms with Gasteiger partial charge in [-0.15, -0.1) is 0 Å². The minimum Gasteiger partial charge on any atom is -0.375 e. The average molecular weight is 367 g/mol. The van der Waals surface area contributed by atoms with Crippen LogP contribution in [0.4, 0.5) is 0 Å². The Morgan fingerprint density at radius 1 is 1.20 bits per heavy atom. The van der Waals surface area contributed by atoms with Gasteiger partial charge in [-0.2, -0.15) is 0 Å². The van der Waals surface area contributed by atoms with Gasteiger partial charge in [0.1, 0.15) is 6.54 Å². The predicted molar refractivity (Wildman–Crippen MR) is 107 cm³/mol. The molecule has 142 valence electrons. The molecular formula is C22H37ClNO+. The molecule has 0 amide bonds. The molecule has 0 aliphatic carbocycles. The van der Waals surface area contributed by atoms with E-state index in [1.807, 2.05) is 12.1 Å². The summed E-state index contributed by atoms with van der Waals surface area (Å²) in [6.07, 6.45) is 7.54. The molecule has 1 aromatic rings. The van der Waals surface area contributed by atoms with Crippen molar-refractivity contribution in [3.63, 3.8) is 0 Å². The van der Waals surface area contributed by atoms with Gasteiger partial charge in [-0.25, -0.2) is 0 Å². The maximum absolute atomic E-state index is 6.14. The van der Waals surface area contributed by atoms with Crippen molar-refractivity contribution in [2.24, 2.45) is 11.3 Å². The van der Waals surface area contributed by atoms with Gasteiger partial charge in [0.25, 0.3) is 0 Å². The van der Waals surface area contributed by atoms with E-state index in [2.05, 4.69) is 45.1 Å². The van der Waals surface area contributed by atoms with Gasteiger partial charge in [0.15, 0.2) is 0 Å². The van der Waals surface area contributed by atoms with Crippen molar-refractivity contribution in [1.82, 2.24) is 0 Å². The van der Waals surface area contributed by atoms with E-state index < -0.39 is 0 Å². The van der Waals surface area contributed by atoms with Crippen molar-refractivity contribution in [2.45, 2.75) is 78.4 Å². The van der Waals surface area contributed by atoms with Crippen LogP contribution in [-0.2, 0) is 11.3 Å². The Hall–Kier alpha value is -0.570.